The fourth-order valence-corrected chi connectivity index (χ4v) is 4.42. The Labute approximate surface area is 179 Å². The van der Waals surface area contributed by atoms with Crippen LogP contribution in [0.2, 0.25) is 0 Å². The van der Waals surface area contributed by atoms with Crippen molar-refractivity contribution >= 4 is 19.5 Å². The average Bonchev–Trinajstić information content (AvgIpc) is 3.12. The Morgan fingerprint density at radius 3 is 2.77 bits per heavy atom. The van der Waals surface area contributed by atoms with Crippen molar-refractivity contribution in [3.8, 4) is 5.75 Å². The lowest BCUT2D eigenvalue weighted by molar-refractivity contribution is -0.139. The van der Waals surface area contributed by atoms with E-state index in [4.69, 9.17) is 19.5 Å². The number of nitrogens with two attached hydrogens (primary N) is 1. The molecule has 168 valence electrons. The highest BCUT2D eigenvalue weighted by Gasteiger charge is 2.37. The van der Waals surface area contributed by atoms with Gasteiger partial charge >= 0.3 is 19.4 Å². The summed E-state index contributed by atoms with van der Waals surface area (Å²) in [5, 5.41) is 2.49. The van der Waals surface area contributed by atoms with Crippen LogP contribution in [0, 0.1) is 5.92 Å². The number of benzene rings is 1. The fourth-order valence-electron chi connectivity index (χ4n) is 3.12. The molecule has 1 fully saturated rings. The molecule has 12 heteroatoms. The molecule has 3 N–H and O–H groups in total. The van der Waals surface area contributed by atoms with E-state index in [9.17, 15) is 14.2 Å². The molecule has 4 atom stereocenters. The molecule has 1 aliphatic rings. The summed E-state index contributed by atoms with van der Waals surface area (Å²) in [6, 6.07) is 9.94. The molecule has 3 rings (SSSR count). The summed E-state index contributed by atoms with van der Waals surface area (Å²) >= 11 is 0. The van der Waals surface area contributed by atoms with E-state index in [1.807, 2.05) is 6.92 Å². The van der Waals surface area contributed by atoms with E-state index in [0.29, 0.717) is 12.2 Å². The highest BCUT2D eigenvalue weighted by Crippen LogP contribution is 2.45. The predicted molar refractivity (Wildman–Crippen MR) is 111 cm³/mol. The number of esters is 1. The SMILES string of the molecule is COC(=O)CNP(=O)(OC[C@@H]1C[C@H](C)C(n2ccc(N)nc2=O)O1)Oc1ccccc1. The normalized spacial score (nSPS) is 22.6. The number of aromatic nitrogens is 2. The molecular weight excluding hydrogens is 427 g/mol. The number of para-hydroxylation sites is 1. The summed E-state index contributed by atoms with van der Waals surface area (Å²) < 4.78 is 36.1. The van der Waals surface area contributed by atoms with Gasteiger partial charge in [0.2, 0.25) is 0 Å². The summed E-state index contributed by atoms with van der Waals surface area (Å²) in [6.45, 7) is 1.47. The van der Waals surface area contributed by atoms with E-state index in [0.717, 1.165) is 0 Å². The van der Waals surface area contributed by atoms with Gasteiger partial charge in [-0.3, -0.25) is 13.9 Å². The topological polar surface area (TPSA) is 144 Å². The lowest BCUT2D eigenvalue weighted by atomic mass is 10.1. The largest absolute Gasteiger partial charge is 0.468 e. The van der Waals surface area contributed by atoms with Crippen molar-refractivity contribution in [1.29, 1.82) is 0 Å². The van der Waals surface area contributed by atoms with Gasteiger partial charge in [-0.05, 0) is 24.6 Å². The van der Waals surface area contributed by atoms with Crippen LogP contribution in [0.1, 0.15) is 19.6 Å². The van der Waals surface area contributed by atoms with Gasteiger partial charge in [0.1, 0.15) is 24.3 Å². The number of hydrogen-bond donors (Lipinski definition) is 2. The van der Waals surface area contributed by atoms with Crippen molar-refractivity contribution in [1.82, 2.24) is 14.6 Å². The number of carbonyl (C=O) groups excluding carboxylic acids is 1. The maximum absolute atomic E-state index is 13.2. The Bertz CT molecular complexity index is 1000. The summed E-state index contributed by atoms with van der Waals surface area (Å²) in [7, 11) is -2.70. The molecule has 0 bridgehead atoms. The van der Waals surface area contributed by atoms with E-state index in [1.165, 1.54) is 23.9 Å². The van der Waals surface area contributed by atoms with Crippen LogP contribution >= 0.6 is 7.75 Å². The van der Waals surface area contributed by atoms with Gasteiger partial charge in [-0.2, -0.15) is 4.98 Å². The molecule has 1 aliphatic heterocycles. The molecule has 1 aromatic carbocycles. The number of anilines is 1. The van der Waals surface area contributed by atoms with Crippen molar-refractivity contribution < 1.29 is 27.9 Å². The summed E-state index contributed by atoms with van der Waals surface area (Å²) in [6.07, 6.45) is 1.05. The van der Waals surface area contributed by atoms with Crippen molar-refractivity contribution in [2.75, 3.05) is 26.0 Å². The number of ether oxygens (including phenoxy) is 2. The van der Waals surface area contributed by atoms with Gasteiger partial charge in [-0.15, -0.1) is 0 Å². The lowest BCUT2D eigenvalue weighted by Gasteiger charge is -2.21. The molecule has 0 spiro atoms. The molecule has 0 saturated carbocycles. The summed E-state index contributed by atoms with van der Waals surface area (Å²) in [5.74, 6) is -0.223. The Morgan fingerprint density at radius 1 is 1.35 bits per heavy atom. The van der Waals surface area contributed by atoms with Gasteiger partial charge in [0.05, 0.1) is 19.8 Å². The van der Waals surface area contributed by atoms with E-state index in [-0.39, 0.29) is 24.9 Å². The molecular formula is C19H25N4O7P. The van der Waals surface area contributed by atoms with Gasteiger partial charge < -0.3 is 19.7 Å². The highest BCUT2D eigenvalue weighted by atomic mass is 31.2. The van der Waals surface area contributed by atoms with Gasteiger partial charge in [0.15, 0.2) is 0 Å². The standard InChI is InChI=1S/C19H25N4O7P/c1-13-10-15(29-18(13)23-9-8-16(20)22-19(23)25)12-28-31(26,21-11-17(24)27-2)30-14-6-4-3-5-7-14/h3-9,13,15,18H,10-12H2,1-2H3,(H,21,26)(H2,20,22,25)/t13-,15-,18?,31?/m0/s1. The smallest absolute Gasteiger partial charge is 0.459 e. The van der Waals surface area contributed by atoms with E-state index < -0.39 is 31.7 Å². The van der Waals surface area contributed by atoms with E-state index in [1.54, 1.807) is 30.3 Å². The Kier molecular flexibility index (Phi) is 7.45. The van der Waals surface area contributed by atoms with E-state index in [2.05, 4.69) is 14.8 Å². The Morgan fingerprint density at radius 2 is 2.10 bits per heavy atom. The van der Waals surface area contributed by atoms with Gasteiger partial charge in [0.25, 0.3) is 0 Å². The first-order valence-electron chi connectivity index (χ1n) is 9.61. The van der Waals surface area contributed by atoms with Crippen molar-refractivity contribution in [2.45, 2.75) is 25.7 Å². The molecule has 0 amide bonds. The molecule has 31 heavy (non-hydrogen) atoms. The molecule has 0 radical (unpaired) electrons. The number of carbonyl (C=O) groups is 1. The predicted octanol–water partition coefficient (Wildman–Crippen LogP) is 1.72. The van der Waals surface area contributed by atoms with Gasteiger partial charge in [-0.25, -0.2) is 14.4 Å². The van der Waals surface area contributed by atoms with Crippen LogP contribution in [-0.4, -0.2) is 41.9 Å². The van der Waals surface area contributed by atoms with Crippen LogP contribution in [0.4, 0.5) is 5.82 Å². The molecule has 1 aromatic heterocycles. The number of hydrogen-bond acceptors (Lipinski definition) is 9. The third-order valence-electron chi connectivity index (χ3n) is 4.62. The van der Waals surface area contributed by atoms with Gasteiger partial charge in [-0.1, -0.05) is 25.1 Å². The summed E-state index contributed by atoms with van der Waals surface area (Å²) in [5.41, 5.74) is 5.02. The second-order valence-electron chi connectivity index (χ2n) is 7.01. The molecule has 2 aromatic rings. The average molecular weight is 452 g/mol. The lowest BCUT2D eigenvalue weighted by Crippen LogP contribution is -2.30. The highest BCUT2D eigenvalue weighted by molar-refractivity contribution is 7.52. The minimum Gasteiger partial charge on any atom is -0.468 e. The number of rotatable bonds is 9. The first kappa shape index (κ1) is 23.0. The minimum absolute atomic E-state index is 0.0332. The third-order valence-corrected chi connectivity index (χ3v) is 6.11. The zero-order valence-electron chi connectivity index (χ0n) is 17.2. The van der Waals surface area contributed by atoms with Crippen LogP contribution in [0.3, 0.4) is 0 Å². The Balaban J connectivity index is 1.67. The Hall–Kier alpha value is -2.72. The number of nitrogens with zero attached hydrogens (tertiary/aromatic N) is 2. The van der Waals surface area contributed by atoms with Crippen molar-refractivity contribution in [3.05, 3.63) is 53.1 Å². The monoisotopic (exact) mass is 452 g/mol. The quantitative estimate of drug-likeness (QED) is 0.426. The molecule has 2 unspecified atom stereocenters. The second kappa shape index (κ2) is 10.1. The number of nitrogen functional groups attached to an aromatic ring is 1. The minimum atomic E-state index is -3.92. The first-order chi connectivity index (χ1) is 14.8. The maximum atomic E-state index is 13.2. The molecule has 11 nitrogen and oxygen atoms in total. The number of nitrogens with one attached hydrogen (secondary N) is 1. The van der Waals surface area contributed by atoms with Crippen LogP contribution in [-0.2, 0) is 23.4 Å². The van der Waals surface area contributed by atoms with Crippen LogP contribution in [0.5, 0.6) is 5.75 Å². The molecule has 2 heterocycles. The van der Waals surface area contributed by atoms with Crippen LogP contribution in [0.15, 0.2) is 47.4 Å². The molecule has 0 aliphatic carbocycles. The van der Waals surface area contributed by atoms with Crippen LogP contribution in [0.25, 0.3) is 0 Å². The first-order valence-corrected chi connectivity index (χ1v) is 11.1. The fraction of sp³-hybridized carbons (Fsp3) is 0.421. The van der Waals surface area contributed by atoms with Crippen molar-refractivity contribution in [3.63, 3.8) is 0 Å². The third kappa shape index (κ3) is 6.14. The zero-order valence-corrected chi connectivity index (χ0v) is 18.1. The van der Waals surface area contributed by atoms with Gasteiger partial charge in [0, 0.05) is 12.1 Å². The number of methoxy groups -OCH3 is 1. The zero-order chi connectivity index (χ0) is 22.4. The molecule has 1 saturated heterocycles. The maximum Gasteiger partial charge on any atom is 0.459 e. The van der Waals surface area contributed by atoms with Crippen molar-refractivity contribution in [2.24, 2.45) is 5.92 Å². The summed E-state index contributed by atoms with van der Waals surface area (Å²) in [4.78, 5) is 27.3. The second-order valence-corrected chi connectivity index (χ2v) is 8.76. The van der Waals surface area contributed by atoms with E-state index >= 15 is 0 Å². The van der Waals surface area contributed by atoms with Crippen LogP contribution < -0.4 is 21.0 Å².